The van der Waals surface area contributed by atoms with Crippen molar-refractivity contribution in [1.29, 1.82) is 0 Å². The molecule has 6 heteroatoms. The highest BCUT2D eigenvalue weighted by Crippen LogP contribution is 2.33. The van der Waals surface area contributed by atoms with E-state index in [4.69, 9.17) is 5.73 Å². The second-order valence-corrected chi connectivity index (χ2v) is 7.27. The molecule has 2 N–H and O–H groups in total. The van der Waals surface area contributed by atoms with E-state index in [1.807, 2.05) is 0 Å². The molecular weight excluding hydrogens is 260 g/mol. The lowest BCUT2D eigenvalue weighted by atomic mass is 9.93. The lowest BCUT2D eigenvalue weighted by Gasteiger charge is -2.36. The molecule has 0 aromatic carbocycles. The molecule has 19 heavy (non-hydrogen) atoms. The largest absolute Gasteiger partial charge is 0.369 e. The minimum atomic E-state index is -0.211. The molecule has 1 aromatic rings. The van der Waals surface area contributed by atoms with E-state index < -0.39 is 0 Å². The first-order valence-corrected chi connectivity index (χ1v) is 7.50. The normalized spacial score (nSPS) is 24.5. The van der Waals surface area contributed by atoms with E-state index >= 15 is 0 Å². The third-order valence-corrected chi connectivity index (χ3v) is 4.97. The van der Waals surface area contributed by atoms with E-state index in [1.165, 1.54) is 0 Å². The Bertz CT molecular complexity index is 465. The third kappa shape index (κ3) is 3.05. The van der Waals surface area contributed by atoms with Gasteiger partial charge in [-0.1, -0.05) is 32.1 Å². The zero-order valence-corrected chi connectivity index (χ0v) is 12.8. The molecule has 0 spiro atoms. The Morgan fingerprint density at radius 3 is 2.58 bits per heavy atom. The van der Waals surface area contributed by atoms with Gasteiger partial charge in [-0.15, -0.1) is 10.2 Å². The van der Waals surface area contributed by atoms with Crippen LogP contribution in [0.1, 0.15) is 45.5 Å². The number of primary amides is 1. The minimum absolute atomic E-state index is 0.0119. The van der Waals surface area contributed by atoms with Crippen LogP contribution in [0.5, 0.6) is 0 Å². The van der Waals surface area contributed by atoms with E-state index in [-0.39, 0.29) is 17.2 Å². The van der Waals surface area contributed by atoms with Crippen LogP contribution in [-0.4, -0.2) is 28.7 Å². The van der Waals surface area contributed by atoms with Gasteiger partial charge in [0.15, 0.2) is 0 Å². The van der Waals surface area contributed by atoms with Crippen LogP contribution < -0.4 is 10.6 Å². The fraction of sp³-hybridized carbons (Fsp3) is 0.769. The van der Waals surface area contributed by atoms with E-state index in [9.17, 15) is 4.79 Å². The van der Waals surface area contributed by atoms with Crippen LogP contribution in [0.2, 0.25) is 0 Å². The van der Waals surface area contributed by atoms with Gasteiger partial charge in [-0.3, -0.25) is 4.79 Å². The van der Waals surface area contributed by atoms with Crippen molar-refractivity contribution in [3.05, 3.63) is 5.01 Å². The molecule has 0 aliphatic carbocycles. The average Bonchev–Trinajstić information content (AvgIpc) is 2.78. The Balaban J connectivity index is 2.19. The number of aromatic nitrogens is 2. The molecule has 2 atom stereocenters. The average molecular weight is 282 g/mol. The molecule has 1 aliphatic heterocycles. The second-order valence-electron chi connectivity index (χ2n) is 6.32. The Morgan fingerprint density at radius 2 is 2.05 bits per heavy atom. The number of carbonyl (C=O) groups is 1. The lowest BCUT2D eigenvalue weighted by Crippen LogP contribution is -2.45. The summed E-state index contributed by atoms with van der Waals surface area (Å²) in [7, 11) is 0. The van der Waals surface area contributed by atoms with Crippen molar-refractivity contribution in [1.82, 2.24) is 10.2 Å². The number of amides is 1. The highest BCUT2D eigenvalue weighted by atomic mass is 32.1. The van der Waals surface area contributed by atoms with Crippen LogP contribution in [0.25, 0.3) is 0 Å². The van der Waals surface area contributed by atoms with Crippen LogP contribution in [0, 0.1) is 5.92 Å². The van der Waals surface area contributed by atoms with Gasteiger partial charge < -0.3 is 10.6 Å². The smallest absolute Gasteiger partial charge is 0.222 e. The second kappa shape index (κ2) is 5.07. The summed E-state index contributed by atoms with van der Waals surface area (Å²) in [6, 6.07) is 0.386. The van der Waals surface area contributed by atoms with Gasteiger partial charge in [-0.05, 0) is 19.8 Å². The molecule has 1 aliphatic rings. The first kappa shape index (κ1) is 14.2. The first-order chi connectivity index (χ1) is 8.79. The number of nitrogens with two attached hydrogens (primary N) is 1. The highest BCUT2D eigenvalue weighted by molar-refractivity contribution is 7.15. The summed E-state index contributed by atoms with van der Waals surface area (Å²) < 4.78 is 0. The Hall–Kier alpha value is -1.17. The van der Waals surface area contributed by atoms with E-state index in [1.54, 1.807) is 11.3 Å². The number of rotatable bonds is 2. The molecule has 0 bridgehead atoms. The fourth-order valence-corrected chi connectivity index (χ4v) is 3.25. The molecular formula is C13H22N4OS. The summed E-state index contributed by atoms with van der Waals surface area (Å²) in [6.07, 6.45) is 1.84. The minimum Gasteiger partial charge on any atom is -0.369 e. The van der Waals surface area contributed by atoms with Crippen molar-refractivity contribution in [3.8, 4) is 0 Å². The van der Waals surface area contributed by atoms with Gasteiger partial charge in [-0.2, -0.15) is 0 Å². The number of anilines is 1. The maximum absolute atomic E-state index is 11.4. The van der Waals surface area contributed by atoms with Crippen LogP contribution in [-0.2, 0) is 10.2 Å². The summed E-state index contributed by atoms with van der Waals surface area (Å²) in [5.74, 6) is -0.282. The maximum Gasteiger partial charge on any atom is 0.222 e. The molecule has 2 heterocycles. The maximum atomic E-state index is 11.4. The van der Waals surface area contributed by atoms with Crippen LogP contribution >= 0.6 is 11.3 Å². The molecule has 106 valence electrons. The molecule has 1 fully saturated rings. The van der Waals surface area contributed by atoms with E-state index in [0.29, 0.717) is 12.6 Å². The summed E-state index contributed by atoms with van der Waals surface area (Å²) in [5.41, 5.74) is 5.44. The van der Waals surface area contributed by atoms with Gasteiger partial charge in [0, 0.05) is 18.0 Å². The zero-order chi connectivity index (χ0) is 14.2. The van der Waals surface area contributed by atoms with Crippen molar-refractivity contribution >= 4 is 22.4 Å². The van der Waals surface area contributed by atoms with Gasteiger partial charge >= 0.3 is 0 Å². The van der Waals surface area contributed by atoms with Gasteiger partial charge in [-0.25, -0.2) is 0 Å². The fourth-order valence-electron chi connectivity index (χ4n) is 2.24. The van der Waals surface area contributed by atoms with Gasteiger partial charge in [0.1, 0.15) is 5.01 Å². The molecule has 0 radical (unpaired) electrons. The first-order valence-electron chi connectivity index (χ1n) is 6.69. The van der Waals surface area contributed by atoms with Crippen molar-refractivity contribution in [3.63, 3.8) is 0 Å². The molecule has 0 saturated carbocycles. The van der Waals surface area contributed by atoms with Gasteiger partial charge in [0.25, 0.3) is 0 Å². The molecule has 0 unspecified atom stereocenters. The van der Waals surface area contributed by atoms with Crippen LogP contribution in [0.3, 0.4) is 0 Å². The van der Waals surface area contributed by atoms with Crippen LogP contribution in [0.15, 0.2) is 0 Å². The summed E-state index contributed by atoms with van der Waals surface area (Å²) >= 11 is 1.62. The molecule has 5 nitrogen and oxygen atoms in total. The lowest BCUT2D eigenvalue weighted by molar-refractivity contribution is -0.122. The van der Waals surface area contributed by atoms with Gasteiger partial charge in [0.2, 0.25) is 11.0 Å². The quantitative estimate of drug-likeness (QED) is 0.899. The van der Waals surface area contributed by atoms with E-state index in [0.717, 1.165) is 23.0 Å². The van der Waals surface area contributed by atoms with Crippen molar-refractivity contribution < 1.29 is 4.79 Å². The number of hydrogen-bond donors (Lipinski definition) is 1. The predicted molar refractivity (Wildman–Crippen MR) is 77.3 cm³/mol. The highest BCUT2D eigenvalue weighted by Gasteiger charge is 2.31. The number of piperidine rings is 1. The van der Waals surface area contributed by atoms with Gasteiger partial charge in [0.05, 0.1) is 5.92 Å². The number of carbonyl (C=O) groups excluding carboxylic acids is 1. The molecule has 1 saturated heterocycles. The summed E-state index contributed by atoms with van der Waals surface area (Å²) in [6.45, 7) is 9.21. The third-order valence-electron chi connectivity index (χ3n) is 3.59. The SMILES string of the molecule is C[C@@H]1CC[C@H](C(N)=O)CN1c1nnc(C(C)(C)C)s1. The predicted octanol–water partition coefficient (Wildman–Crippen LogP) is 1.93. The Morgan fingerprint density at radius 1 is 1.37 bits per heavy atom. The zero-order valence-electron chi connectivity index (χ0n) is 12.0. The topological polar surface area (TPSA) is 72.1 Å². The standard InChI is InChI=1S/C13H22N4OS/c1-8-5-6-9(10(14)18)7-17(8)12-16-15-11(19-12)13(2,3)4/h8-9H,5-7H2,1-4H3,(H2,14,18)/t8-,9+/m1/s1. The van der Waals surface area contributed by atoms with Crippen LogP contribution in [0.4, 0.5) is 5.13 Å². The van der Waals surface area contributed by atoms with Crippen molar-refractivity contribution in [2.45, 2.75) is 52.0 Å². The monoisotopic (exact) mass is 282 g/mol. The van der Waals surface area contributed by atoms with Crippen molar-refractivity contribution in [2.24, 2.45) is 11.7 Å². The Kier molecular flexibility index (Phi) is 3.80. The molecule has 1 amide bonds. The number of nitrogens with zero attached hydrogens (tertiary/aromatic N) is 3. The Labute approximate surface area is 118 Å². The summed E-state index contributed by atoms with van der Waals surface area (Å²) in [5, 5.41) is 10.5. The molecule has 1 aromatic heterocycles. The van der Waals surface area contributed by atoms with E-state index in [2.05, 4.69) is 42.8 Å². The number of hydrogen-bond acceptors (Lipinski definition) is 5. The summed E-state index contributed by atoms with van der Waals surface area (Å²) in [4.78, 5) is 13.5. The van der Waals surface area contributed by atoms with Crippen molar-refractivity contribution in [2.75, 3.05) is 11.4 Å². The molecule has 2 rings (SSSR count).